The first kappa shape index (κ1) is 15.1. The fourth-order valence-electron chi connectivity index (χ4n) is 2.25. The van der Waals surface area contributed by atoms with Crippen LogP contribution in [0.25, 0.3) is 0 Å². The van der Waals surface area contributed by atoms with Gasteiger partial charge in [0.1, 0.15) is 0 Å². The Labute approximate surface area is 120 Å². The zero-order valence-electron chi connectivity index (χ0n) is 11.6. The summed E-state index contributed by atoms with van der Waals surface area (Å²) >= 11 is 1.57. The van der Waals surface area contributed by atoms with Crippen molar-refractivity contribution in [2.24, 2.45) is 0 Å². The average Bonchev–Trinajstić information content (AvgIpc) is 2.71. The van der Waals surface area contributed by atoms with Crippen molar-refractivity contribution >= 4 is 11.3 Å². The molecule has 108 valence electrons. The van der Waals surface area contributed by atoms with E-state index in [9.17, 15) is 13.2 Å². The van der Waals surface area contributed by atoms with Crippen LogP contribution in [0.1, 0.15) is 33.8 Å². The van der Waals surface area contributed by atoms with E-state index in [1.807, 2.05) is 26.8 Å². The second-order valence-corrected chi connectivity index (χ2v) is 5.98. The number of rotatable bonds is 4. The van der Waals surface area contributed by atoms with Crippen molar-refractivity contribution in [2.45, 2.75) is 26.8 Å². The van der Waals surface area contributed by atoms with E-state index in [1.165, 1.54) is 0 Å². The first-order valence-electron chi connectivity index (χ1n) is 6.38. The predicted molar refractivity (Wildman–Crippen MR) is 75.6 cm³/mol. The fourth-order valence-corrected chi connectivity index (χ4v) is 3.39. The molecule has 2 rings (SSSR count). The third-order valence-electron chi connectivity index (χ3n) is 3.09. The summed E-state index contributed by atoms with van der Waals surface area (Å²) in [7, 11) is 0. The van der Waals surface area contributed by atoms with Crippen molar-refractivity contribution in [3.05, 3.63) is 56.5 Å². The van der Waals surface area contributed by atoms with Gasteiger partial charge in [0, 0.05) is 9.75 Å². The van der Waals surface area contributed by atoms with Crippen molar-refractivity contribution in [2.75, 3.05) is 6.54 Å². The van der Waals surface area contributed by atoms with Gasteiger partial charge in [0.05, 0.1) is 6.04 Å². The molecule has 1 aromatic heterocycles. The minimum Gasteiger partial charge on any atom is -0.306 e. The molecule has 0 saturated carbocycles. The van der Waals surface area contributed by atoms with Gasteiger partial charge in [-0.3, -0.25) is 0 Å². The fraction of sp³-hybridized carbons (Fsp3) is 0.333. The summed E-state index contributed by atoms with van der Waals surface area (Å²) in [4.78, 5) is 2.12. The van der Waals surface area contributed by atoms with Crippen LogP contribution in [0.5, 0.6) is 0 Å². The maximum absolute atomic E-state index is 13.4. The summed E-state index contributed by atoms with van der Waals surface area (Å²) in [5.41, 5.74) is 1.46. The van der Waals surface area contributed by atoms with E-state index in [0.29, 0.717) is 12.1 Å². The topological polar surface area (TPSA) is 12.0 Å². The molecule has 1 heterocycles. The average molecular weight is 299 g/mol. The zero-order chi connectivity index (χ0) is 14.9. The molecule has 1 nitrogen and oxygen atoms in total. The smallest absolute Gasteiger partial charge is 0.194 e. The van der Waals surface area contributed by atoms with Crippen LogP contribution in [0.4, 0.5) is 13.2 Å². The van der Waals surface area contributed by atoms with E-state index in [-0.39, 0.29) is 6.04 Å². The molecule has 0 spiro atoms. The first-order valence-corrected chi connectivity index (χ1v) is 7.20. The van der Waals surface area contributed by atoms with E-state index < -0.39 is 17.5 Å². The normalized spacial score (nSPS) is 12.7. The molecule has 0 radical (unpaired) electrons. The Morgan fingerprint density at radius 1 is 1.10 bits per heavy atom. The largest absolute Gasteiger partial charge is 0.306 e. The van der Waals surface area contributed by atoms with Gasteiger partial charge in [-0.15, -0.1) is 11.3 Å². The van der Waals surface area contributed by atoms with E-state index in [1.54, 1.807) is 11.3 Å². The summed E-state index contributed by atoms with van der Waals surface area (Å²) in [6, 6.07) is 3.81. The third kappa shape index (κ3) is 2.88. The van der Waals surface area contributed by atoms with Crippen LogP contribution in [0, 0.1) is 31.3 Å². The quantitative estimate of drug-likeness (QED) is 0.821. The standard InChI is InChI=1S/C15H16F3NS/c1-4-19-14(15-8(2)5-9(3)20-15)10-6-11(16)13(18)12(17)7-10/h5-7,14,19H,4H2,1-3H3. The highest BCUT2D eigenvalue weighted by atomic mass is 32.1. The molecule has 2 aromatic rings. The van der Waals surface area contributed by atoms with Crippen molar-refractivity contribution in [3.8, 4) is 0 Å². The van der Waals surface area contributed by atoms with Gasteiger partial charge < -0.3 is 5.32 Å². The predicted octanol–water partition coefficient (Wildman–Crippen LogP) is 4.48. The summed E-state index contributed by atoms with van der Waals surface area (Å²) in [6.07, 6.45) is 0. The Hall–Kier alpha value is -1.33. The Morgan fingerprint density at radius 3 is 2.15 bits per heavy atom. The maximum Gasteiger partial charge on any atom is 0.194 e. The van der Waals surface area contributed by atoms with Gasteiger partial charge >= 0.3 is 0 Å². The molecule has 0 fully saturated rings. The van der Waals surface area contributed by atoms with E-state index in [2.05, 4.69) is 5.32 Å². The van der Waals surface area contributed by atoms with Gasteiger partial charge in [-0.25, -0.2) is 13.2 Å². The zero-order valence-corrected chi connectivity index (χ0v) is 12.4. The highest BCUT2D eigenvalue weighted by Crippen LogP contribution is 2.32. The second-order valence-electron chi connectivity index (χ2n) is 4.69. The Balaban J connectivity index is 2.51. The van der Waals surface area contributed by atoms with Gasteiger partial charge in [0.2, 0.25) is 0 Å². The first-order chi connectivity index (χ1) is 9.43. The van der Waals surface area contributed by atoms with Crippen molar-refractivity contribution in [1.82, 2.24) is 5.32 Å². The maximum atomic E-state index is 13.4. The summed E-state index contributed by atoms with van der Waals surface area (Å²) < 4.78 is 39.9. The Kier molecular flexibility index (Phi) is 4.50. The van der Waals surface area contributed by atoms with Gasteiger partial charge in [-0.05, 0) is 49.7 Å². The molecule has 1 N–H and O–H groups in total. The lowest BCUT2D eigenvalue weighted by Crippen LogP contribution is -2.22. The van der Waals surface area contributed by atoms with Crippen LogP contribution in [-0.2, 0) is 0 Å². The van der Waals surface area contributed by atoms with Gasteiger partial charge in [0.15, 0.2) is 17.5 Å². The SMILES string of the molecule is CCNC(c1cc(F)c(F)c(F)c1)c1sc(C)cc1C. The van der Waals surface area contributed by atoms with Crippen LogP contribution in [0.2, 0.25) is 0 Å². The molecule has 0 bridgehead atoms. The lowest BCUT2D eigenvalue weighted by Gasteiger charge is -2.18. The minimum absolute atomic E-state index is 0.330. The number of hydrogen-bond acceptors (Lipinski definition) is 2. The number of hydrogen-bond donors (Lipinski definition) is 1. The third-order valence-corrected chi connectivity index (χ3v) is 4.31. The minimum atomic E-state index is -1.43. The van der Waals surface area contributed by atoms with E-state index in [0.717, 1.165) is 27.5 Å². The molecule has 0 aliphatic carbocycles. The molecule has 0 saturated heterocycles. The summed E-state index contributed by atoms with van der Waals surface area (Å²) in [5.74, 6) is -3.74. The molecule has 1 atom stereocenters. The molecular formula is C15H16F3NS. The highest BCUT2D eigenvalue weighted by molar-refractivity contribution is 7.12. The lowest BCUT2D eigenvalue weighted by atomic mass is 10.0. The summed E-state index contributed by atoms with van der Waals surface area (Å²) in [5, 5.41) is 3.20. The van der Waals surface area contributed by atoms with E-state index >= 15 is 0 Å². The second kappa shape index (κ2) is 5.97. The molecule has 20 heavy (non-hydrogen) atoms. The number of benzene rings is 1. The van der Waals surface area contributed by atoms with Gasteiger partial charge in [-0.1, -0.05) is 6.92 Å². The molecule has 0 amide bonds. The molecule has 0 aliphatic rings. The molecule has 1 unspecified atom stereocenters. The Morgan fingerprint density at radius 2 is 1.70 bits per heavy atom. The number of aryl methyl sites for hydroxylation is 2. The van der Waals surface area contributed by atoms with E-state index in [4.69, 9.17) is 0 Å². The van der Waals surface area contributed by atoms with Crippen LogP contribution in [0.3, 0.4) is 0 Å². The number of thiophene rings is 1. The van der Waals surface area contributed by atoms with Crippen LogP contribution < -0.4 is 5.32 Å². The molecule has 0 aliphatic heterocycles. The monoisotopic (exact) mass is 299 g/mol. The molecular weight excluding hydrogens is 283 g/mol. The Bertz CT molecular complexity index is 599. The molecule has 5 heteroatoms. The van der Waals surface area contributed by atoms with Crippen molar-refractivity contribution < 1.29 is 13.2 Å². The van der Waals surface area contributed by atoms with Gasteiger partial charge in [0.25, 0.3) is 0 Å². The van der Waals surface area contributed by atoms with Gasteiger partial charge in [-0.2, -0.15) is 0 Å². The van der Waals surface area contributed by atoms with Crippen molar-refractivity contribution in [1.29, 1.82) is 0 Å². The van der Waals surface area contributed by atoms with Crippen LogP contribution in [-0.4, -0.2) is 6.54 Å². The van der Waals surface area contributed by atoms with Crippen LogP contribution >= 0.6 is 11.3 Å². The van der Waals surface area contributed by atoms with Crippen LogP contribution in [0.15, 0.2) is 18.2 Å². The lowest BCUT2D eigenvalue weighted by molar-refractivity contribution is 0.443. The number of nitrogens with one attached hydrogen (secondary N) is 1. The number of halogens is 3. The summed E-state index contributed by atoms with van der Waals surface area (Å²) in [6.45, 7) is 6.50. The molecule has 1 aromatic carbocycles. The highest BCUT2D eigenvalue weighted by Gasteiger charge is 2.21. The van der Waals surface area contributed by atoms with Crippen molar-refractivity contribution in [3.63, 3.8) is 0 Å².